The van der Waals surface area contributed by atoms with Crippen molar-refractivity contribution in [2.45, 2.75) is 44.6 Å². The number of amides is 1. The molecule has 184 valence electrons. The molecule has 1 amide bonds. The van der Waals surface area contributed by atoms with Crippen LogP contribution in [0, 0.1) is 20.8 Å². The lowest BCUT2D eigenvalue weighted by Crippen LogP contribution is -2.44. The van der Waals surface area contributed by atoms with Gasteiger partial charge in [0.1, 0.15) is 6.04 Å². The summed E-state index contributed by atoms with van der Waals surface area (Å²) in [6.07, 6.45) is 2.59. The van der Waals surface area contributed by atoms with Gasteiger partial charge in [0.15, 0.2) is 0 Å². The molecule has 7 nitrogen and oxygen atoms in total. The van der Waals surface area contributed by atoms with Crippen LogP contribution >= 0.6 is 23.2 Å². The van der Waals surface area contributed by atoms with Gasteiger partial charge in [0, 0.05) is 39.2 Å². The second-order valence-electron chi connectivity index (χ2n) is 8.51. The van der Waals surface area contributed by atoms with E-state index >= 15 is 0 Å². The van der Waals surface area contributed by atoms with Crippen LogP contribution in [-0.4, -0.2) is 42.0 Å². The van der Waals surface area contributed by atoms with Gasteiger partial charge in [-0.05, 0) is 81.6 Å². The molecule has 10 heteroatoms. The number of hydrazone groups is 1. The first-order valence-corrected chi connectivity index (χ1v) is 13.4. The minimum absolute atomic E-state index is 0.105. The number of nitrogens with one attached hydrogen (secondary N) is 1. The summed E-state index contributed by atoms with van der Waals surface area (Å²) in [6, 6.07) is 12.8. The van der Waals surface area contributed by atoms with E-state index in [1.807, 2.05) is 45.0 Å². The number of halogens is 2. The first kappa shape index (κ1) is 25.4. The summed E-state index contributed by atoms with van der Waals surface area (Å²) in [7, 11) is -3.83. The molecule has 1 atom stereocenters. The first-order chi connectivity index (χ1) is 16.6. The molecule has 1 aliphatic rings. The average Bonchev–Trinajstić information content (AvgIpc) is 3.42. The molecule has 0 unspecified atom stereocenters. The molecule has 1 aromatic heterocycles. The average molecular weight is 533 g/mol. The molecule has 3 aromatic rings. The summed E-state index contributed by atoms with van der Waals surface area (Å²) in [5.41, 5.74) is 7.24. The van der Waals surface area contributed by atoms with E-state index in [1.165, 1.54) is 28.6 Å². The van der Waals surface area contributed by atoms with Gasteiger partial charge >= 0.3 is 0 Å². The molecule has 0 spiro atoms. The largest absolute Gasteiger partial charge is 0.318 e. The van der Waals surface area contributed by atoms with Gasteiger partial charge in [0.05, 0.1) is 11.1 Å². The lowest BCUT2D eigenvalue weighted by Gasteiger charge is -2.22. The normalized spacial score (nSPS) is 16.8. The lowest BCUT2D eigenvalue weighted by molar-refractivity contribution is -0.124. The molecule has 2 aromatic carbocycles. The highest BCUT2D eigenvalue weighted by Gasteiger charge is 2.39. The fraction of sp³-hybridized carbons (Fsp3) is 0.280. The molecule has 35 heavy (non-hydrogen) atoms. The molecular formula is C25H26Cl2N4O3S. The molecule has 0 bridgehead atoms. The molecule has 0 aliphatic carbocycles. The molecular weight excluding hydrogens is 507 g/mol. The maximum Gasteiger partial charge on any atom is 0.258 e. The predicted molar refractivity (Wildman–Crippen MR) is 139 cm³/mol. The van der Waals surface area contributed by atoms with Gasteiger partial charge in [-0.2, -0.15) is 9.41 Å². The van der Waals surface area contributed by atoms with Crippen LogP contribution in [0.15, 0.2) is 58.5 Å². The number of hydrogen-bond acceptors (Lipinski definition) is 4. The van der Waals surface area contributed by atoms with Crippen molar-refractivity contribution >= 4 is 45.3 Å². The number of nitrogens with zero attached hydrogens (tertiary/aromatic N) is 3. The molecule has 1 fully saturated rings. The number of carbonyl (C=O) groups excluding carboxylic acids is 1. The van der Waals surface area contributed by atoms with E-state index in [0.717, 1.165) is 28.2 Å². The van der Waals surface area contributed by atoms with Crippen LogP contribution in [0.4, 0.5) is 0 Å². The van der Waals surface area contributed by atoms with Crippen LogP contribution in [0.5, 0.6) is 0 Å². The fourth-order valence-corrected chi connectivity index (χ4v) is 6.35. The zero-order valence-corrected chi connectivity index (χ0v) is 22.0. The van der Waals surface area contributed by atoms with Gasteiger partial charge in [-0.15, -0.1) is 0 Å². The maximum atomic E-state index is 13.1. The first-order valence-electron chi connectivity index (χ1n) is 11.2. The molecule has 1 N–H and O–H groups in total. The Morgan fingerprint density at radius 1 is 1.11 bits per heavy atom. The van der Waals surface area contributed by atoms with Crippen molar-refractivity contribution in [3.05, 3.63) is 81.1 Å². The van der Waals surface area contributed by atoms with Crippen LogP contribution in [0.1, 0.15) is 35.4 Å². The van der Waals surface area contributed by atoms with Crippen molar-refractivity contribution in [3.8, 4) is 5.69 Å². The summed E-state index contributed by atoms with van der Waals surface area (Å²) in [4.78, 5) is 13.0. The van der Waals surface area contributed by atoms with Gasteiger partial charge in [-0.25, -0.2) is 13.8 Å². The number of aryl methyl sites for hydroxylation is 1. The van der Waals surface area contributed by atoms with Crippen LogP contribution < -0.4 is 5.43 Å². The summed E-state index contributed by atoms with van der Waals surface area (Å²) >= 11 is 12.2. The predicted octanol–water partition coefficient (Wildman–Crippen LogP) is 5.01. The molecule has 0 radical (unpaired) electrons. The van der Waals surface area contributed by atoms with Gasteiger partial charge in [-0.1, -0.05) is 29.3 Å². The van der Waals surface area contributed by atoms with Gasteiger partial charge in [-0.3, -0.25) is 4.79 Å². The topological polar surface area (TPSA) is 83.8 Å². The van der Waals surface area contributed by atoms with Crippen LogP contribution in [0.2, 0.25) is 10.0 Å². The van der Waals surface area contributed by atoms with Crippen LogP contribution in [0.3, 0.4) is 0 Å². The van der Waals surface area contributed by atoms with E-state index in [-0.39, 0.29) is 11.4 Å². The number of benzene rings is 2. The Morgan fingerprint density at radius 3 is 2.54 bits per heavy atom. The molecule has 0 saturated carbocycles. The summed E-state index contributed by atoms with van der Waals surface area (Å²) in [5, 5.41) is 5.26. The highest BCUT2D eigenvalue weighted by atomic mass is 35.5. The van der Waals surface area contributed by atoms with Crippen molar-refractivity contribution in [2.75, 3.05) is 6.54 Å². The number of hydrogen-bond donors (Lipinski definition) is 1. The number of sulfonamides is 1. The molecule has 1 aliphatic heterocycles. The van der Waals surface area contributed by atoms with Gasteiger partial charge in [0.25, 0.3) is 5.91 Å². The number of rotatable bonds is 6. The van der Waals surface area contributed by atoms with E-state index in [9.17, 15) is 13.2 Å². The highest BCUT2D eigenvalue weighted by Crippen LogP contribution is 2.28. The van der Waals surface area contributed by atoms with Crippen LogP contribution in [0.25, 0.3) is 5.69 Å². The van der Waals surface area contributed by atoms with E-state index in [1.54, 1.807) is 6.21 Å². The van der Waals surface area contributed by atoms with Gasteiger partial charge < -0.3 is 4.57 Å². The SMILES string of the molecule is Cc1c(Cl)cccc1-n1c(C)cc(/C=N\NC(=O)[C@H]2CCCN2S(=O)(=O)c2ccc(Cl)cc2)c1C. The van der Waals surface area contributed by atoms with Crippen LogP contribution in [-0.2, 0) is 14.8 Å². The minimum atomic E-state index is -3.83. The summed E-state index contributed by atoms with van der Waals surface area (Å²) in [6.45, 7) is 6.19. The third-order valence-corrected chi connectivity index (χ3v) is 8.84. The highest BCUT2D eigenvalue weighted by molar-refractivity contribution is 7.89. The Kier molecular flexibility index (Phi) is 7.38. The third kappa shape index (κ3) is 5.02. The van der Waals surface area contributed by atoms with Gasteiger partial charge in [0.2, 0.25) is 10.0 Å². The van der Waals surface area contributed by atoms with Crippen molar-refractivity contribution < 1.29 is 13.2 Å². The molecule has 2 heterocycles. The van der Waals surface area contributed by atoms with Crippen molar-refractivity contribution in [2.24, 2.45) is 5.10 Å². The zero-order valence-electron chi connectivity index (χ0n) is 19.6. The Balaban J connectivity index is 1.51. The second-order valence-corrected chi connectivity index (χ2v) is 11.2. The van der Waals surface area contributed by atoms with Crippen molar-refractivity contribution in [1.82, 2.24) is 14.3 Å². The Bertz CT molecular complexity index is 1400. The molecule has 1 saturated heterocycles. The summed E-state index contributed by atoms with van der Waals surface area (Å²) in [5.74, 6) is -0.462. The standard InChI is InChI=1S/C25H26Cl2N4O3S/c1-16-14-19(18(3)31(16)23-7-4-6-22(27)17(23)2)15-28-29-25(32)24-8-5-13-30(24)35(33,34)21-11-9-20(26)10-12-21/h4,6-7,9-12,14-15,24H,5,8,13H2,1-3H3,(H,29,32)/b28-15-/t24-/m1/s1. The van der Waals surface area contributed by atoms with E-state index in [2.05, 4.69) is 15.1 Å². The maximum absolute atomic E-state index is 13.1. The Morgan fingerprint density at radius 2 is 1.83 bits per heavy atom. The Labute approximate surface area is 215 Å². The Hall–Kier alpha value is -2.65. The number of aromatic nitrogens is 1. The van der Waals surface area contributed by atoms with E-state index in [4.69, 9.17) is 23.2 Å². The third-order valence-electron chi connectivity index (χ3n) is 6.26. The van der Waals surface area contributed by atoms with E-state index < -0.39 is 22.0 Å². The minimum Gasteiger partial charge on any atom is -0.318 e. The van der Waals surface area contributed by atoms with Crippen molar-refractivity contribution in [1.29, 1.82) is 0 Å². The quantitative estimate of drug-likeness (QED) is 0.357. The lowest BCUT2D eigenvalue weighted by atomic mass is 10.2. The smallest absolute Gasteiger partial charge is 0.258 e. The fourth-order valence-electron chi connectivity index (χ4n) is 4.40. The van der Waals surface area contributed by atoms with E-state index in [0.29, 0.717) is 22.9 Å². The summed E-state index contributed by atoms with van der Waals surface area (Å²) < 4.78 is 29.5. The second kappa shape index (κ2) is 10.1. The zero-order chi connectivity index (χ0) is 25.3. The molecule has 4 rings (SSSR count). The monoisotopic (exact) mass is 532 g/mol. The van der Waals surface area contributed by atoms with Crippen molar-refractivity contribution in [3.63, 3.8) is 0 Å². The number of carbonyl (C=O) groups is 1.